The summed E-state index contributed by atoms with van der Waals surface area (Å²) in [6.07, 6.45) is 1.43. The van der Waals surface area contributed by atoms with Gasteiger partial charge in [-0.05, 0) is 0 Å². The Balaban J connectivity index is 2.04. The Morgan fingerprint density at radius 1 is 1.50 bits per heavy atom. The number of hydrogen-bond acceptors (Lipinski definition) is 8. The van der Waals surface area contributed by atoms with Crippen molar-refractivity contribution in [1.29, 1.82) is 0 Å². The molecule has 4 N–H and O–H groups in total. The summed E-state index contributed by atoms with van der Waals surface area (Å²) in [6, 6.07) is -2.61. The summed E-state index contributed by atoms with van der Waals surface area (Å²) in [5.41, 5.74) is 0.911. The molecule has 2 bridgehead atoms. The molecule has 2 aliphatic heterocycles. The Bertz CT molecular complexity index is 928. The molecule has 1 aromatic rings. The Hall–Kier alpha value is -2.91. The first-order valence-corrected chi connectivity index (χ1v) is 9.51. The maximum Gasteiger partial charge on any atom is 0.418 e. The standard InChI is InChI=1S/C13H19N7O7S/c1-7(21)15-3-4-19-10-8(5-16-19)9-6-18(11(10)12(14-2)17-23)13(22)20(9)27-28(24,25)26/h5,9,11,23H,3-4,6H2,1-2H3,(H,14,17)(H,15,21)(H,24,25,26). The minimum atomic E-state index is -4.94. The number of hydroxylamine groups is 2. The fraction of sp³-hybridized carbons (Fsp3) is 0.538. The SMILES string of the molecule is CN/C(=N\O)C1c2c(cnn2CCNC(C)=O)C2CN1C(=O)N2OS(=O)(=O)O. The highest BCUT2D eigenvalue weighted by Crippen LogP contribution is 2.44. The number of carbonyl (C=O) groups is 2. The third-order valence-corrected chi connectivity index (χ3v) is 4.77. The molecule has 2 aliphatic rings. The van der Waals surface area contributed by atoms with Crippen molar-refractivity contribution < 1.29 is 32.1 Å². The van der Waals surface area contributed by atoms with E-state index in [-0.39, 0.29) is 31.4 Å². The van der Waals surface area contributed by atoms with Crippen molar-refractivity contribution in [2.45, 2.75) is 25.6 Å². The molecule has 3 heterocycles. The monoisotopic (exact) mass is 417 g/mol. The second-order valence-electron chi connectivity index (χ2n) is 6.11. The highest BCUT2D eigenvalue weighted by atomic mass is 32.3. The van der Waals surface area contributed by atoms with Crippen LogP contribution in [0.1, 0.15) is 30.3 Å². The van der Waals surface area contributed by atoms with Gasteiger partial charge in [0.2, 0.25) is 5.91 Å². The molecule has 3 amide bonds. The van der Waals surface area contributed by atoms with E-state index in [0.717, 1.165) is 0 Å². The van der Waals surface area contributed by atoms with E-state index >= 15 is 0 Å². The van der Waals surface area contributed by atoms with Gasteiger partial charge in [0, 0.05) is 26.1 Å². The quantitative estimate of drug-likeness (QED) is 0.142. The summed E-state index contributed by atoms with van der Waals surface area (Å²) < 4.78 is 37.3. The third kappa shape index (κ3) is 3.46. The molecule has 15 heteroatoms. The van der Waals surface area contributed by atoms with Crippen molar-refractivity contribution >= 4 is 28.2 Å². The highest BCUT2D eigenvalue weighted by molar-refractivity contribution is 7.80. The molecule has 2 atom stereocenters. The average molecular weight is 417 g/mol. The molecule has 14 nitrogen and oxygen atoms in total. The Morgan fingerprint density at radius 3 is 2.79 bits per heavy atom. The molecule has 2 unspecified atom stereocenters. The van der Waals surface area contributed by atoms with E-state index in [1.807, 2.05) is 0 Å². The number of nitrogens with one attached hydrogen (secondary N) is 2. The van der Waals surface area contributed by atoms with Gasteiger partial charge in [0.25, 0.3) is 0 Å². The van der Waals surface area contributed by atoms with Gasteiger partial charge >= 0.3 is 16.4 Å². The van der Waals surface area contributed by atoms with Crippen molar-refractivity contribution in [3.63, 3.8) is 0 Å². The van der Waals surface area contributed by atoms with Crippen LogP contribution in [-0.4, -0.2) is 75.8 Å². The second kappa shape index (κ2) is 7.25. The van der Waals surface area contributed by atoms with Crippen LogP contribution in [0.15, 0.2) is 11.4 Å². The number of likely N-dealkylation sites (N-methyl/N-ethyl adjacent to an activating group) is 1. The molecule has 154 valence electrons. The number of oxime groups is 1. The zero-order valence-corrected chi connectivity index (χ0v) is 15.7. The number of rotatable bonds is 6. The van der Waals surface area contributed by atoms with Crippen molar-refractivity contribution in [2.75, 3.05) is 20.1 Å². The van der Waals surface area contributed by atoms with Crippen LogP contribution >= 0.6 is 0 Å². The fourth-order valence-corrected chi connectivity index (χ4v) is 3.74. The predicted octanol–water partition coefficient (Wildman–Crippen LogP) is -1.41. The van der Waals surface area contributed by atoms with Gasteiger partial charge in [0.15, 0.2) is 5.84 Å². The first kappa shape index (κ1) is 19.8. The molecule has 0 aliphatic carbocycles. The number of amidine groups is 1. The number of aromatic nitrogens is 2. The van der Waals surface area contributed by atoms with Gasteiger partial charge in [-0.2, -0.15) is 18.6 Å². The molecular weight excluding hydrogens is 398 g/mol. The molecule has 0 spiro atoms. The largest absolute Gasteiger partial charge is 0.418 e. The van der Waals surface area contributed by atoms with Gasteiger partial charge in [-0.15, -0.1) is 4.28 Å². The molecule has 0 radical (unpaired) electrons. The summed E-state index contributed by atoms with van der Waals surface area (Å²) in [5.74, 6) is -0.208. The van der Waals surface area contributed by atoms with Gasteiger partial charge in [0.05, 0.1) is 25.0 Å². The molecule has 0 aromatic carbocycles. The van der Waals surface area contributed by atoms with E-state index in [9.17, 15) is 23.2 Å². The van der Waals surface area contributed by atoms with E-state index in [0.29, 0.717) is 16.3 Å². The average Bonchev–Trinajstić information content (AvgIpc) is 3.13. The summed E-state index contributed by atoms with van der Waals surface area (Å²) in [5, 5.41) is 22.6. The van der Waals surface area contributed by atoms with E-state index in [1.165, 1.54) is 29.7 Å². The van der Waals surface area contributed by atoms with Crippen LogP contribution in [-0.2, 0) is 26.0 Å². The number of fused-ring (bicyclic) bond motifs is 4. The highest BCUT2D eigenvalue weighted by Gasteiger charge is 2.53. The zero-order valence-electron chi connectivity index (χ0n) is 14.9. The Kier molecular flexibility index (Phi) is 5.14. The molecule has 3 rings (SSSR count). The van der Waals surface area contributed by atoms with Crippen LogP contribution in [0.2, 0.25) is 0 Å². The lowest BCUT2D eigenvalue weighted by molar-refractivity contribution is -0.119. The molecule has 1 aromatic heterocycles. The minimum absolute atomic E-state index is 0.0167. The normalized spacial score (nSPS) is 21.7. The van der Waals surface area contributed by atoms with Gasteiger partial charge < -0.3 is 20.7 Å². The molecule has 1 saturated heterocycles. The molecule has 1 fully saturated rings. The maximum absolute atomic E-state index is 12.7. The Morgan fingerprint density at radius 2 is 2.21 bits per heavy atom. The topological polar surface area (TPSA) is 179 Å². The zero-order chi connectivity index (χ0) is 20.6. The molecule has 0 saturated carbocycles. The summed E-state index contributed by atoms with van der Waals surface area (Å²) in [6.45, 7) is 1.89. The first-order chi connectivity index (χ1) is 13.2. The number of carbonyl (C=O) groups excluding carboxylic acids is 2. The van der Waals surface area contributed by atoms with Crippen LogP contribution in [0.4, 0.5) is 4.79 Å². The number of hydrogen-bond donors (Lipinski definition) is 4. The number of nitrogens with zero attached hydrogens (tertiary/aromatic N) is 5. The second-order valence-corrected chi connectivity index (χ2v) is 7.11. The van der Waals surface area contributed by atoms with Gasteiger partial charge in [0.1, 0.15) is 12.1 Å². The number of amides is 3. The lowest BCUT2D eigenvalue weighted by Gasteiger charge is -2.31. The van der Waals surface area contributed by atoms with Crippen LogP contribution in [0, 0.1) is 0 Å². The fourth-order valence-electron chi connectivity index (χ4n) is 3.37. The van der Waals surface area contributed by atoms with Crippen molar-refractivity contribution in [3.8, 4) is 0 Å². The van der Waals surface area contributed by atoms with Crippen molar-refractivity contribution in [3.05, 3.63) is 17.5 Å². The van der Waals surface area contributed by atoms with Gasteiger partial charge in [-0.3, -0.25) is 14.0 Å². The summed E-state index contributed by atoms with van der Waals surface area (Å²) in [4.78, 5) is 25.0. The van der Waals surface area contributed by atoms with E-state index in [4.69, 9.17) is 4.55 Å². The van der Waals surface area contributed by atoms with Crippen LogP contribution in [0.3, 0.4) is 0 Å². The maximum atomic E-state index is 12.7. The van der Waals surface area contributed by atoms with E-state index < -0.39 is 28.5 Å². The molecule has 28 heavy (non-hydrogen) atoms. The van der Waals surface area contributed by atoms with Gasteiger partial charge in [-0.1, -0.05) is 5.16 Å². The Labute approximate surface area is 159 Å². The first-order valence-electron chi connectivity index (χ1n) is 8.14. The third-order valence-electron chi connectivity index (χ3n) is 4.42. The van der Waals surface area contributed by atoms with E-state index in [1.54, 1.807) is 0 Å². The van der Waals surface area contributed by atoms with Crippen LogP contribution in [0.5, 0.6) is 0 Å². The smallest absolute Gasteiger partial charge is 0.409 e. The van der Waals surface area contributed by atoms with Crippen LogP contribution < -0.4 is 10.6 Å². The van der Waals surface area contributed by atoms with E-state index in [2.05, 4.69) is 25.2 Å². The lowest BCUT2D eigenvalue weighted by atomic mass is 9.97. The number of urea groups is 1. The molecular formula is C13H19N7O7S. The van der Waals surface area contributed by atoms with Crippen molar-refractivity contribution in [1.82, 2.24) is 30.4 Å². The van der Waals surface area contributed by atoms with Gasteiger partial charge in [-0.25, -0.2) is 4.79 Å². The summed E-state index contributed by atoms with van der Waals surface area (Å²) >= 11 is 0. The lowest BCUT2D eigenvalue weighted by Crippen LogP contribution is -2.44. The predicted molar refractivity (Wildman–Crippen MR) is 91.2 cm³/mol. The van der Waals surface area contributed by atoms with Crippen LogP contribution in [0.25, 0.3) is 0 Å². The van der Waals surface area contributed by atoms with Crippen molar-refractivity contribution in [2.24, 2.45) is 5.16 Å². The minimum Gasteiger partial charge on any atom is -0.409 e. The summed E-state index contributed by atoms with van der Waals surface area (Å²) in [7, 11) is -3.45.